The summed E-state index contributed by atoms with van der Waals surface area (Å²) in [6.45, 7) is 9.03. The van der Waals surface area contributed by atoms with E-state index in [1.165, 1.54) is 49.5 Å². The van der Waals surface area contributed by atoms with Crippen molar-refractivity contribution in [3.8, 4) is 0 Å². The van der Waals surface area contributed by atoms with E-state index in [2.05, 4.69) is 28.8 Å². The van der Waals surface area contributed by atoms with E-state index in [4.69, 9.17) is 13.8 Å². The van der Waals surface area contributed by atoms with Crippen molar-refractivity contribution in [2.24, 2.45) is 11.8 Å². The number of anilines is 1. The van der Waals surface area contributed by atoms with Gasteiger partial charge in [-0.25, -0.2) is 9.46 Å². The van der Waals surface area contributed by atoms with Crippen molar-refractivity contribution in [2.75, 3.05) is 11.9 Å². The normalized spacial score (nSPS) is 35.4. The number of rotatable bonds is 7. The average Bonchev–Trinajstić information content (AvgIpc) is 3.57. The lowest BCUT2D eigenvalue weighted by Crippen LogP contribution is -2.46. The molecule has 0 aromatic carbocycles. The zero-order valence-corrected chi connectivity index (χ0v) is 22.9. The van der Waals surface area contributed by atoms with E-state index in [-0.39, 0.29) is 35.5 Å². The van der Waals surface area contributed by atoms with Gasteiger partial charge in [-0.05, 0) is 51.0 Å². The molecule has 3 saturated heterocycles. The van der Waals surface area contributed by atoms with E-state index in [9.17, 15) is 9.59 Å². The number of nitrogens with one attached hydrogen (secondary N) is 1. The molecule has 10 heteroatoms. The Labute approximate surface area is 215 Å². The molecule has 1 aromatic heterocycles. The molecule has 4 aliphatic rings. The molecule has 6 atom stereocenters. The number of hydrogen-bond donors (Lipinski definition) is 1. The lowest BCUT2D eigenvalue weighted by atomic mass is 9.74. The third-order valence-corrected chi connectivity index (χ3v) is 10.4. The molecule has 1 aromatic rings. The van der Waals surface area contributed by atoms with E-state index in [0.717, 1.165) is 13.0 Å². The maximum atomic E-state index is 12.8. The van der Waals surface area contributed by atoms with Crippen molar-refractivity contribution in [3.05, 3.63) is 22.7 Å². The number of aromatic nitrogens is 2. The highest BCUT2D eigenvalue weighted by Gasteiger charge is 2.58. The fraction of sp³-hybridized carbons (Fsp3) is 0.808. The second kappa shape index (κ2) is 10.8. The van der Waals surface area contributed by atoms with Gasteiger partial charge in [0, 0.05) is 31.1 Å². The highest BCUT2D eigenvalue weighted by Crippen LogP contribution is 2.64. The molecule has 0 bridgehead atoms. The molecule has 9 nitrogen and oxygen atoms in total. The minimum absolute atomic E-state index is 0.115. The van der Waals surface area contributed by atoms with Crippen LogP contribution in [-0.4, -0.2) is 50.5 Å². The molecule has 4 heterocycles. The second-order valence-corrected chi connectivity index (χ2v) is 12.6. The molecule has 200 valence electrons. The first kappa shape index (κ1) is 26.2. The topological polar surface area (TPSA) is 94.9 Å². The van der Waals surface area contributed by atoms with Gasteiger partial charge in [-0.3, -0.25) is 9.36 Å². The second-order valence-electron chi connectivity index (χ2n) is 11.2. The molecular weight excluding hydrogens is 479 g/mol. The molecular formula is C26H41N4O5P. The van der Waals surface area contributed by atoms with Crippen LogP contribution in [0.5, 0.6) is 0 Å². The first-order chi connectivity index (χ1) is 17.3. The van der Waals surface area contributed by atoms with Crippen LogP contribution in [0.25, 0.3) is 0 Å². The maximum Gasteiger partial charge on any atom is 0.351 e. The third kappa shape index (κ3) is 5.02. The fourth-order valence-corrected chi connectivity index (χ4v) is 8.55. The van der Waals surface area contributed by atoms with Gasteiger partial charge in [0.2, 0.25) is 5.91 Å². The van der Waals surface area contributed by atoms with Crippen LogP contribution >= 0.6 is 8.53 Å². The number of hydrogen-bond acceptors (Lipinski definition) is 7. The zero-order chi connectivity index (χ0) is 25.4. The highest BCUT2D eigenvalue weighted by molar-refractivity contribution is 7.45. The van der Waals surface area contributed by atoms with Gasteiger partial charge in [0.25, 0.3) is 8.53 Å². The quantitative estimate of drug-likeness (QED) is 0.507. The Morgan fingerprint density at radius 3 is 2.75 bits per heavy atom. The Balaban J connectivity index is 1.28. The molecule has 1 N–H and O–H groups in total. The number of amides is 1. The number of nitrogens with zero attached hydrogens (tertiary/aromatic N) is 3. The van der Waals surface area contributed by atoms with Crippen LogP contribution in [0.4, 0.5) is 5.82 Å². The van der Waals surface area contributed by atoms with E-state index < -0.39 is 20.4 Å². The highest BCUT2D eigenvalue weighted by atomic mass is 31.2. The molecule has 5 rings (SSSR count). The summed E-state index contributed by atoms with van der Waals surface area (Å²) in [7, 11) is -1.16. The zero-order valence-electron chi connectivity index (χ0n) is 22.0. The minimum atomic E-state index is -1.16. The molecule has 1 saturated carbocycles. The Bertz CT molecular complexity index is 999. The largest absolute Gasteiger partial charge is 0.352 e. The Kier molecular flexibility index (Phi) is 7.85. The molecule has 2 unspecified atom stereocenters. The van der Waals surface area contributed by atoms with Crippen LogP contribution in [0.1, 0.15) is 91.7 Å². The maximum absolute atomic E-state index is 12.8. The summed E-state index contributed by atoms with van der Waals surface area (Å²) in [6.07, 6.45) is 11.1. The number of carbonyl (C=O) groups is 1. The summed E-state index contributed by atoms with van der Waals surface area (Å²) < 4.78 is 23.8. The Morgan fingerprint density at radius 1 is 1.28 bits per heavy atom. The molecule has 3 aliphatic heterocycles. The summed E-state index contributed by atoms with van der Waals surface area (Å²) in [5.41, 5.74) is -0.579. The third-order valence-electron chi connectivity index (χ3n) is 8.51. The van der Waals surface area contributed by atoms with E-state index >= 15 is 0 Å². The SMILES string of the molecule is CC[C@H]1O[C@@H](n2ccc(NC(=O)C(C)C)nc2=O)CC1OP1O[C@](C)(C2CCCCC2)[C@@H]2CCCN21. The van der Waals surface area contributed by atoms with Crippen molar-refractivity contribution >= 4 is 20.3 Å². The van der Waals surface area contributed by atoms with Gasteiger partial charge in [-0.15, -0.1) is 0 Å². The van der Waals surface area contributed by atoms with Gasteiger partial charge < -0.3 is 19.1 Å². The van der Waals surface area contributed by atoms with Gasteiger partial charge in [-0.1, -0.05) is 40.0 Å². The smallest absolute Gasteiger partial charge is 0.351 e. The number of carbonyl (C=O) groups excluding carboxylic acids is 1. The average molecular weight is 521 g/mol. The van der Waals surface area contributed by atoms with Crippen molar-refractivity contribution in [1.29, 1.82) is 0 Å². The summed E-state index contributed by atoms with van der Waals surface area (Å²) in [4.78, 5) is 28.8. The van der Waals surface area contributed by atoms with Crippen LogP contribution in [-0.2, 0) is 18.6 Å². The standard InChI is InChI=1S/C26H41N4O5P/c1-5-19-20(16-23(33-19)29-15-13-22(28-25(29)32)27-24(31)17(2)3)34-36-30-14-9-12-21(30)26(4,35-36)18-10-7-6-8-11-18/h13,15,17-21,23H,5-12,14,16H2,1-4H3,(H,27,28,31,32)/t19-,20?,21+,23-,26-,36?/m1/s1. The predicted molar refractivity (Wildman–Crippen MR) is 138 cm³/mol. The molecule has 0 radical (unpaired) electrons. The predicted octanol–water partition coefficient (Wildman–Crippen LogP) is 4.98. The van der Waals surface area contributed by atoms with Crippen molar-refractivity contribution in [3.63, 3.8) is 0 Å². The Morgan fingerprint density at radius 2 is 2.06 bits per heavy atom. The van der Waals surface area contributed by atoms with Crippen molar-refractivity contribution < 1.29 is 18.6 Å². The van der Waals surface area contributed by atoms with E-state index in [0.29, 0.717) is 18.4 Å². The summed E-state index contributed by atoms with van der Waals surface area (Å²) >= 11 is 0. The van der Waals surface area contributed by atoms with Gasteiger partial charge in [0.1, 0.15) is 12.0 Å². The summed E-state index contributed by atoms with van der Waals surface area (Å²) in [6, 6.07) is 2.08. The van der Waals surface area contributed by atoms with Gasteiger partial charge in [-0.2, -0.15) is 4.98 Å². The van der Waals surface area contributed by atoms with Crippen LogP contribution < -0.4 is 11.0 Å². The van der Waals surface area contributed by atoms with Crippen molar-refractivity contribution in [1.82, 2.24) is 14.2 Å². The van der Waals surface area contributed by atoms with E-state index in [1.54, 1.807) is 26.1 Å². The molecule has 36 heavy (non-hydrogen) atoms. The van der Waals surface area contributed by atoms with Crippen LogP contribution in [0, 0.1) is 11.8 Å². The van der Waals surface area contributed by atoms with Crippen LogP contribution in [0.2, 0.25) is 0 Å². The van der Waals surface area contributed by atoms with Crippen molar-refractivity contribution in [2.45, 2.75) is 116 Å². The molecule has 4 fully saturated rings. The Hall–Kier alpha value is -1.38. The first-order valence-electron chi connectivity index (χ1n) is 13.8. The van der Waals surface area contributed by atoms with Crippen LogP contribution in [0.15, 0.2) is 17.1 Å². The lowest BCUT2D eigenvalue weighted by Gasteiger charge is -2.39. The fourth-order valence-electron chi connectivity index (χ4n) is 6.35. The number of fused-ring (bicyclic) bond motifs is 1. The lowest BCUT2D eigenvalue weighted by molar-refractivity contribution is -0.118. The monoisotopic (exact) mass is 520 g/mol. The summed E-state index contributed by atoms with van der Waals surface area (Å²) in [5, 5.41) is 2.68. The summed E-state index contributed by atoms with van der Waals surface area (Å²) in [5.74, 6) is 0.501. The first-order valence-corrected chi connectivity index (χ1v) is 14.9. The van der Waals surface area contributed by atoms with Gasteiger partial charge in [0.05, 0.1) is 17.8 Å². The number of ether oxygens (including phenoxy) is 1. The van der Waals surface area contributed by atoms with Crippen LogP contribution in [0.3, 0.4) is 0 Å². The van der Waals surface area contributed by atoms with Gasteiger partial charge in [0.15, 0.2) is 0 Å². The minimum Gasteiger partial charge on any atom is -0.352 e. The molecule has 1 aliphatic carbocycles. The molecule has 1 amide bonds. The molecule has 0 spiro atoms. The van der Waals surface area contributed by atoms with Gasteiger partial charge >= 0.3 is 5.69 Å². The van der Waals surface area contributed by atoms with E-state index in [1.807, 2.05) is 0 Å².